The van der Waals surface area contributed by atoms with Crippen molar-refractivity contribution < 1.29 is 32.2 Å². The smallest absolute Gasteiger partial charge is 0.416 e. The number of alkyl halides is 3. The molecule has 36 heavy (non-hydrogen) atoms. The zero-order valence-corrected chi connectivity index (χ0v) is 18.5. The van der Waals surface area contributed by atoms with Crippen LogP contribution >= 0.6 is 0 Å². The van der Waals surface area contributed by atoms with Crippen molar-refractivity contribution >= 4 is 16.8 Å². The third kappa shape index (κ3) is 5.83. The number of ether oxygens (including phenoxy) is 1. The van der Waals surface area contributed by atoms with E-state index in [1.54, 1.807) is 48.1 Å². The van der Waals surface area contributed by atoms with Gasteiger partial charge in [0.05, 0.1) is 29.0 Å². The summed E-state index contributed by atoms with van der Waals surface area (Å²) in [6, 6.07) is 14.8. The van der Waals surface area contributed by atoms with Gasteiger partial charge in [0.25, 0.3) is 0 Å². The van der Waals surface area contributed by atoms with Gasteiger partial charge in [0.15, 0.2) is 0 Å². The maximum absolute atomic E-state index is 13.3. The maximum atomic E-state index is 13.3. The lowest BCUT2D eigenvalue weighted by Gasteiger charge is -2.26. The van der Waals surface area contributed by atoms with Gasteiger partial charge in [-0.1, -0.05) is 19.6 Å². The third-order valence-electron chi connectivity index (χ3n) is 5.43. The normalized spacial score (nSPS) is 13.1. The topological polar surface area (TPSA) is 76.4 Å². The Balaban J connectivity index is 0.00000361. The summed E-state index contributed by atoms with van der Waals surface area (Å²) in [6.07, 6.45) is -3.73. The van der Waals surface area contributed by atoms with Crippen molar-refractivity contribution in [2.24, 2.45) is 0 Å². The first-order chi connectivity index (χ1) is 16.7. The summed E-state index contributed by atoms with van der Waals surface area (Å²) in [6.45, 7) is 0.888. The monoisotopic (exact) mass is 503 g/mol. The molecular weight excluding hydrogens is 478 g/mol. The summed E-state index contributed by atoms with van der Waals surface area (Å²) in [4.78, 5) is 11.7. The van der Waals surface area contributed by atoms with Gasteiger partial charge in [0, 0.05) is 5.39 Å². The average molecular weight is 503 g/mol. The van der Waals surface area contributed by atoms with E-state index in [1.165, 1.54) is 24.3 Å². The van der Waals surface area contributed by atoms with Gasteiger partial charge in [0.1, 0.15) is 24.3 Å². The molecule has 0 saturated heterocycles. The van der Waals surface area contributed by atoms with Crippen molar-refractivity contribution in [2.45, 2.75) is 32.7 Å². The van der Waals surface area contributed by atoms with E-state index in [2.05, 4.69) is 10.4 Å². The minimum atomic E-state index is -4.48. The number of aromatic nitrogens is 2. The van der Waals surface area contributed by atoms with E-state index < -0.39 is 36.4 Å². The van der Waals surface area contributed by atoms with Crippen LogP contribution in [0.15, 0.2) is 72.9 Å². The van der Waals surface area contributed by atoms with Crippen LogP contribution in [0, 0.1) is 5.82 Å². The molecule has 4 rings (SSSR count). The molecule has 1 heterocycles. The lowest BCUT2D eigenvalue weighted by Crippen LogP contribution is -2.40. The minimum absolute atomic E-state index is 0. The van der Waals surface area contributed by atoms with Crippen LogP contribution in [0.25, 0.3) is 16.6 Å². The first-order valence-electron chi connectivity index (χ1n) is 10.6. The number of benzene rings is 3. The summed E-state index contributed by atoms with van der Waals surface area (Å²) in [5, 5.41) is 16.7. The molecule has 0 fully saturated rings. The molecule has 0 spiro atoms. The van der Waals surface area contributed by atoms with Gasteiger partial charge in [0.2, 0.25) is 5.91 Å². The minimum Gasteiger partial charge on any atom is -0.484 e. The van der Waals surface area contributed by atoms with Crippen LogP contribution in [0.5, 0.6) is 5.75 Å². The zero-order valence-electron chi connectivity index (χ0n) is 18.5. The van der Waals surface area contributed by atoms with Gasteiger partial charge >= 0.3 is 6.18 Å². The molecule has 4 aromatic rings. The quantitative estimate of drug-likeness (QED) is 0.330. The number of nitrogens with one attached hydrogen (secondary N) is 1. The van der Waals surface area contributed by atoms with Crippen LogP contribution in [0.1, 0.15) is 31.6 Å². The molecule has 1 aromatic heterocycles. The van der Waals surface area contributed by atoms with Crippen LogP contribution in [-0.4, -0.2) is 33.4 Å². The SMILES string of the molecule is C.C[C@H](NC(=O)CO)[C@H](Oc1ccc2c(cnn2-c2ccc(F)cc2)c1)c1ccc(C(F)(F)F)cc1. The van der Waals surface area contributed by atoms with E-state index in [0.717, 1.165) is 17.6 Å². The Morgan fingerprint density at radius 2 is 1.75 bits per heavy atom. The lowest BCUT2D eigenvalue weighted by atomic mass is 10.0. The third-order valence-corrected chi connectivity index (χ3v) is 5.43. The Morgan fingerprint density at radius 1 is 1.08 bits per heavy atom. The Bertz CT molecular complexity index is 1320. The molecule has 6 nitrogen and oxygen atoms in total. The maximum Gasteiger partial charge on any atom is 0.416 e. The molecule has 10 heteroatoms. The number of nitrogens with zero attached hydrogens (tertiary/aromatic N) is 2. The summed E-state index contributed by atoms with van der Waals surface area (Å²) < 4.78 is 60.0. The molecule has 2 N–H and O–H groups in total. The van der Waals surface area contributed by atoms with Gasteiger partial charge in [-0.3, -0.25) is 4.79 Å². The van der Waals surface area contributed by atoms with Crippen molar-refractivity contribution in [3.63, 3.8) is 0 Å². The van der Waals surface area contributed by atoms with Crippen LogP contribution in [-0.2, 0) is 11.0 Å². The predicted octanol–water partition coefficient (Wildman–Crippen LogP) is 5.44. The van der Waals surface area contributed by atoms with Crippen LogP contribution in [0.2, 0.25) is 0 Å². The number of hydrogen-bond donors (Lipinski definition) is 2. The number of amides is 1. The average Bonchev–Trinajstić information content (AvgIpc) is 3.25. The number of halogens is 4. The van der Waals surface area contributed by atoms with E-state index >= 15 is 0 Å². The first-order valence-corrected chi connectivity index (χ1v) is 10.6. The number of fused-ring (bicyclic) bond motifs is 1. The standard InChI is InChI=1S/C25H21F4N3O3.CH4/c1-15(31-23(34)14-33)24(16-2-4-18(5-3-16)25(27,28)29)35-21-10-11-22-17(12-21)13-30-32(22)20-8-6-19(26)7-9-20;/h2-13,15,24,33H,14H2,1H3,(H,31,34);1H4/t15-,24-;/m0./s1. The highest BCUT2D eigenvalue weighted by Gasteiger charge is 2.31. The molecule has 3 aromatic carbocycles. The molecule has 190 valence electrons. The molecule has 0 aliphatic heterocycles. The van der Waals surface area contributed by atoms with E-state index in [4.69, 9.17) is 9.84 Å². The fourth-order valence-corrected chi connectivity index (χ4v) is 3.71. The number of aliphatic hydroxyl groups excluding tert-OH is 1. The molecule has 1 amide bonds. The summed E-state index contributed by atoms with van der Waals surface area (Å²) >= 11 is 0. The second-order valence-electron chi connectivity index (χ2n) is 7.93. The second kappa shape index (κ2) is 10.8. The molecule has 0 unspecified atom stereocenters. The first kappa shape index (κ1) is 26.7. The fourth-order valence-electron chi connectivity index (χ4n) is 3.71. The van der Waals surface area contributed by atoms with E-state index in [-0.39, 0.29) is 13.2 Å². The van der Waals surface area contributed by atoms with Crippen molar-refractivity contribution in [3.05, 3.63) is 89.9 Å². The fraction of sp³-hybridized carbons (Fsp3) is 0.231. The van der Waals surface area contributed by atoms with Crippen LogP contribution < -0.4 is 10.1 Å². The van der Waals surface area contributed by atoms with Crippen molar-refractivity contribution in [1.82, 2.24) is 15.1 Å². The Kier molecular flexibility index (Phi) is 7.99. The Labute approximate surface area is 205 Å². The highest BCUT2D eigenvalue weighted by Crippen LogP contribution is 2.32. The van der Waals surface area contributed by atoms with Gasteiger partial charge in [-0.2, -0.15) is 18.3 Å². The van der Waals surface area contributed by atoms with Crippen LogP contribution in [0.4, 0.5) is 17.6 Å². The second-order valence-corrected chi connectivity index (χ2v) is 7.93. The number of aliphatic hydroxyl groups is 1. The Morgan fingerprint density at radius 3 is 2.36 bits per heavy atom. The summed E-state index contributed by atoms with van der Waals surface area (Å²) in [5.74, 6) is -0.613. The van der Waals surface area contributed by atoms with Gasteiger partial charge in [-0.25, -0.2) is 9.07 Å². The van der Waals surface area contributed by atoms with E-state index in [9.17, 15) is 22.4 Å². The number of rotatable bonds is 7. The molecule has 0 aliphatic carbocycles. The highest BCUT2D eigenvalue weighted by molar-refractivity contribution is 5.81. The molecule has 0 saturated carbocycles. The largest absolute Gasteiger partial charge is 0.484 e. The zero-order chi connectivity index (χ0) is 25.2. The van der Waals surface area contributed by atoms with Gasteiger partial charge < -0.3 is 15.2 Å². The van der Waals surface area contributed by atoms with Crippen molar-refractivity contribution in [1.29, 1.82) is 0 Å². The number of carbonyl (C=O) groups is 1. The highest BCUT2D eigenvalue weighted by atomic mass is 19.4. The molecular formula is C26H25F4N3O3. The lowest BCUT2D eigenvalue weighted by molar-refractivity contribution is -0.137. The van der Waals surface area contributed by atoms with Gasteiger partial charge in [-0.15, -0.1) is 0 Å². The summed E-state index contributed by atoms with van der Waals surface area (Å²) in [7, 11) is 0. The molecule has 0 bridgehead atoms. The van der Waals surface area contributed by atoms with Gasteiger partial charge in [-0.05, 0) is 67.1 Å². The molecule has 0 aliphatic rings. The van der Waals surface area contributed by atoms with Crippen molar-refractivity contribution in [2.75, 3.05) is 6.61 Å². The summed E-state index contributed by atoms with van der Waals surface area (Å²) in [5.41, 5.74) is 1.00. The molecule has 2 atom stereocenters. The Hall–Kier alpha value is -3.92. The molecule has 0 radical (unpaired) electrons. The van der Waals surface area contributed by atoms with E-state index in [1.807, 2.05) is 0 Å². The predicted molar refractivity (Wildman–Crippen MR) is 127 cm³/mol. The number of hydrogen-bond acceptors (Lipinski definition) is 4. The van der Waals surface area contributed by atoms with E-state index in [0.29, 0.717) is 22.4 Å². The van der Waals surface area contributed by atoms with Crippen molar-refractivity contribution in [3.8, 4) is 11.4 Å². The number of carbonyl (C=O) groups excluding carboxylic acids is 1. The van der Waals surface area contributed by atoms with Crippen LogP contribution in [0.3, 0.4) is 0 Å².